The second kappa shape index (κ2) is 6.84. The van der Waals surface area contributed by atoms with Crippen molar-refractivity contribution in [3.05, 3.63) is 36.7 Å². The molecule has 26 heavy (non-hydrogen) atoms. The van der Waals surface area contributed by atoms with Crippen LogP contribution in [0.2, 0.25) is 0 Å². The van der Waals surface area contributed by atoms with E-state index in [9.17, 15) is 4.79 Å². The molecule has 0 saturated carbocycles. The van der Waals surface area contributed by atoms with Crippen LogP contribution in [0.4, 0.5) is 5.82 Å². The van der Waals surface area contributed by atoms with Gasteiger partial charge < -0.3 is 10.2 Å². The minimum atomic E-state index is 0.0653. The molecule has 0 radical (unpaired) electrons. The summed E-state index contributed by atoms with van der Waals surface area (Å²) in [4.78, 5) is 19.2. The highest BCUT2D eigenvalue weighted by Crippen LogP contribution is 2.25. The van der Waals surface area contributed by atoms with Crippen LogP contribution in [0, 0.1) is 5.92 Å². The maximum Gasteiger partial charge on any atom is 0.228 e. The third-order valence-electron chi connectivity index (χ3n) is 5.07. The minimum Gasteiger partial charge on any atom is -0.310 e. The van der Waals surface area contributed by atoms with Gasteiger partial charge in [0.05, 0.1) is 11.9 Å². The monoisotopic (exact) mass is 350 g/mol. The van der Waals surface area contributed by atoms with Crippen LogP contribution in [0.25, 0.3) is 22.0 Å². The van der Waals surface area contributed by atoms with Crippen LogP contribution in [0.15, 0.2) is 36.7 Å². The number of pyridine rings is 1. The normalized spacial score (nSPS) is 16.1. The van der Waals surface area contributed by atoms with Gasteiger partial charge in [-0.25, -0.2) is 9.67 Å². The summed E-state index contributed by atoms with van der Waals surface area (Å²) < 4.78 is 1.74. The first-order valence-corrected chi connectivity index (χ1v) is 8.84. The summed E-state index contributed by atoms with van der Waals surface area (Å²) in [6, 6.07) is 8.04. The third kappa shape index (κ3) is 3.30. The van der Waals surface area contributed by atoms with Gasteiger partial charge in [0, 0.05) is 30.1 Å². The lowest BCUT2D eigenvalue weighted by molar-refractivity contribution is -0.121. The Hall–Kier alpha value is -2.80. The summed E-state index contributed by atoms with van der Waals surface area (Å²) in [5.41, 5.74) is 1.98. The zero-order valence-electron chi connectivity index (χ0n) is 15.0. The molecule has 1 saturated heterocycles. The highest BCUT2D eigenvalue weighted by molar-refractivity contribution is 5.95. The Balaban J connectivity index is 1.56. The topological polar surface area (TPSA) is 75.9 Å². The number of carbonyl (C=O) groups excluding carboxylic acids is 1. The Kier molecular flexibility index (Phi) is 4.38. The predicted molar refractivity (Wildman–Crippen MR) is 101 cm³/mol. The zero-order valence-corrected chi connectivity index (χ0v) is 15.0. The van der Waals surface area contributed by atoms with E-state index in [0.29, 0.717) is 5.82 Å². The number of anilines is 1. The number of nitrogens with one attached hydrogen (secondary N) is 1. The number of nitrogens with zero attached hydrogens (tertiary/aromatic N) is 5. The molecule has 3 aromatic rings. The smallest absolute Gasteiger partial charge is 0.228 e. The van der Waals surface area contributed by atoms with Crippen LogP contribution >= 0.6 is 0 Å². The van der Waals surface area contributed by atoms with Crippen LogP contribution in [0.3, 0.4) is 0 Å². The van der Waals surface area contributed by atoms with E-state index in [4.69, 9.17) is 0 Å². The van der Waals surface area contributed by atoms with Gasteiger partial charge in [-0.15, -0.1) is 5.10 Å². The number of hydrogen-bond donors (Lipinski definition) is 1. The number of hydrogen-bond acceptors (Lipinski definition) is 5. The van der Waals surface area contributed by atoms with E-state index in [1.807, 2.05) is 25.2 Å². The third-order valence-corrected chi connectivity index (χ3v) is 5.07. The number of aromatic nitrogens is 4. The predicted octanol–water partition coefficient (Wildman–Crippen LogP) is 2.31. The molecule has 1 aliphatic heterocycles. The first-order valence-electron chi connectivity index (χ1n) is 8.84. The highest BCUT2D eigenvalue weighted by atomic mass is 16.1. The van der Waals surface area contributed by atoms with E-state index in [1.165, 1.54) is 0 Å². The fourth-order valence-corrected chi connectivity index (χ4v) is 3.42. The van der Waals surface area contributed by atoms with E-state index in [0.717, 1.165) is 48.0 Å². The van der Waals surface area contributed by atoms with Gasteiger partial charge in [-0.1, -0.05) is 17.3 Å². The second-order valence-electron chi connectivity index (χ2n) is 6.94. The number of piperidine rings is 1. The van der Waals surface area contributed by atoms with Crippen molar-refractivity contribution in [2.75, 3.05) is 25.5 Å². The van der Waals surface area contributed by atoms with E-state index in [-0.39, 0.29) is 11.8 Å². The molecule has 1 amide bonds. The van der Waals surface area contributed by atoms with Gasteiger partial charge in [0.1, 0.15) is 5.82 Å². The molecule has 0 unspecified atom stereocenters. The Labute approximate surface area is 152 Å². The summed E-state index contributed by atoms with van der Waals surface area (Å²) >= 11 is 0. The summed E-state index contributed by atoms with van der Waals surface area (Å²) in [5.74, 6) is 0.731. The summed E-state index contributed by atoms with van der Waals surface area (Å²) in [7, 11) is 3.96. The zero-order chi connectivity index (χ0) is 18.1. The molecule has 3 heterocycles. The molecule has 2 aromatic heterocycles. The molecule has 7 heteroatoms. The van der Waals surface area contributed by atoms with Crippen molar-refractivity contribution >= 4 is 22.5 Å². The molecule has 0 bridgehead atoms. The van der Waals surface area contributed by atoms with Crippen molar-refractivity contribution < 1.29 is 4.79 Å². The van der Waals surface area contributed by atoms with Crippen molar-refractivity contribution in [2.45, 2.75) is 12.8 Å². The van der Waals surface area contributed by atoms with Crippen LogP contribution in [-0.4, -0.2) is 50.9 Å². The van der Waals surface area contributed by atoms with Crippen molar-refractivity contribution in [1.29, 1.82) is 0 Å². The first kappa shape index (κ1) is 16.7. The van der Waals surface area contributed by atoms with E-state index in [2.05, 4.69) is 38.6 Å². The SMILES string of the molecule is CN1CCC(C(=O)Nc2cc3cc(-c4cnnn4C)ccc3cn2)CC1. The van der Waals surface area contributed by atoms with Gasteiger partial charge in [0.25, 0.3) is 0 Å². The van der Waals surface area contributed by atoms with Gasteiger partial charge in [-0.3, -0.25) is 4.79 Å². The Morgan fingerprint density at radius 1 is 1.12 bits per heavy atom. The lowest BCUT2D eigenvalue weighted by Gasteiger charge is -2.27. The van der Waals surface area contributed by atoms with E-state index < -0.39 is 0 Å². The molecule has 1 aromatic carbocycles. The van der Waals surface area contributed by atoms with Crippen LogP contribution in [0.1, 0.15) is 12.8 Å². The summed E-state index contributed by atoms with van der Waals surface area (Å²) in [6.45, 7) is 1.93. The number of aryl methyl sites for hydroxylation is 1. The van der Waals surface area contributed by atoms with Crippen molar-refractivity contribution in [3.8, 4) is 11.3 Å². The maximum absolute atomic E-state index is 12.5. The Bertz CT molecular complexity index is 942. The first-order chi connectivity index (χ1) is 12.6. The average molecular weight is 350 g/mol. The number of fused-ring (bicyclic) bond motifs is 1. The quantitative estimate of drug-likeness (QED) is 0.784. The van der Waals surface area contributed by atoms with E-state index >= 15 is 0 Å². The Morgan fingerprint density at radius 2 is 1.92 bits per heavy atom. The molecule has 4 rings (SSSR count). The van der Waals surface area contributed by atoms with Crippen molar-refractivity contribution in [3.63, 3.8) is 0 Å². The fourth-order valence-electron chi connectivity index (χ4n) is 3.42. The molecule has 7 nitrogen and oxygen atoms in total. The average Bonchev–Trinajstić information content (AvgIpc) is 3.07. The van der Waals surface area contributed by atoms with Crippen molar-refractivity contribution in [2.24, 2.45) is 13.0 Å². The minimum absolute atomic E-state index is 0.0653. The molecule has 0 aliphatic carbocycles. The largest absolute Gasteiger partial charge is 0.310 e. The molecule has 1 aliphatic rings. The molecule has 134 valence electrons. The van der Waals surface area contributed by atoms with Crippen LogP contribution in [-0.2, 0) is 11.8 Å². The lowest BCUT2D eigenvalue weighted by atomic mass is 9.96. The summed E-state index contributed by atoms with van der Waals surface area (Å²) in [5, 5.41) is 13.0. The number of likely N-dealkylation sites (tertiary alicyclic amines) is 1. The second-order valence-corrected chi connectivity index (χ2v) is 6.94. The van der Waals surface area contributed by atoms with Gasteiger partial charge in [-0.2, -0.15) is 0 Å². The highest BCUT2D eigenvalue weighted by Gasteiger charge is 2.23. The number of rotatable bonds is 3. The van der Waals surface area contributed by atoms with Gasteiger partial charge in [0.2, 0.25) is 5.91 Å². The molecule has 0 atom stereocenters. The molecular weight excluding hydrogens is 328 g/mol. The standard InChI is InChI=1S/C19H22N6O/c1-24-7-5-13(6-8-24)19(26)22-18-10-16-9-14(3-4-15(16)11-20-18)17-12-21-23-25(17)2/h3-4,9-13H,5-8H2,1-2H3,(H,20,22,26). The summed E-state index contributed by atoms with van der Waals surface area (Å²) in [6.07, 6.45) is 5.33. The fraction of sp³-hybridized carbons (Fsp3) is 0.368. The number of amides is 1. The Morgan fingerprint density at radius 3 is 2.65 bits per heavy atom. The van der Waals surface area contributed by atoms with Gasteiger partial charge in [0.15, 0.2) is 0 Å². The molecule has 1 fully saturated rings. The number of benzene rings is 1. The molecule has 1 N–H and O–H groups in total. The number of carbonyl (C=O) groups is 1. The van der Waals surface area contributed by atoms with Crippen LogP contribution < -0.4 is 5.32 Å². The molecular formula is C19H22N6O. The van der Waals surface area contributed by atoms with Crippen molar-refractivity contribution in [1.82, 2.24) is 24.9 Å². The van der Waals surface area contributed by atoms with E-state index in [1.54, 1.807) is 17.1 Å². The molecule has 0 spiro atoms. The van der Waals surface area contributed by atoms with Gasteiger partial charge in [-0.05, 0) is 50.5 Å². The van der Waals surface area contributed by atoms with Gasteiger partial charge >= 0.3 is 0 Å². The maximum atomic E-state index is 12.5. The van der Waals surface area contributed by atoms with Crippen LogP contribution in [0.5, 0.6) is 0 Å². The lowest BCUT2D eigenvalue weighted by Crippen LogP contribution is -2.36.